The van der Waals surface area contributed by atoms with Gasteiger partial charge in [-0.3, -0.25) is 9.69 Å². The van der Waals surface area contributed by atoms with Crippen LogP contribution in [0.4, 0.5) is 19.0 Å². The van der Waals surface area contributed by atoms with Crippen LogP contribution in [-0.4, -0.2) is 75.1 Å². The summed E-state index contributed by atoms with van der Waals surface area (Å²) in [6.45, 7) is 8.24. The van der Waals surface area contributed by atoms with E-state index in [2.05, 4.69) is 20.3 Å². The molecule has 0 aliphatic carbocycles. The molecule has 2 aromatic heterocycles. The van der Waals surface area contributed by atoms with Crippen LogP contribution in [0.3, 0.4) is 0 Å². The zero-order valence-corrected chi connectivity index (χ0v) is 24.5. The number of amides is 1. The summed E-state index contributed by atoms with van der Waals surface area (Å²) in [5.41, 5.74) is -1.13. The van der Waals surface area contributed by atoms with Crippen molar-refractivity contribution in [2.45, 2.75) is 64.1 Å². The average Bonchev–Trinajstić information content (AvgIpc) is 2.91. The van der Waals surface area contributed by atoms with E-state index < -0.39 is 34.9 Å². The van der Waals surface area contributed by atoms with Crippen LogP contribution < -0.4 is 10.1 Å². The maximum Gasteiger partial charge on any atom is 0.281 e. The fourth-order valence-electron chi connectivity index (χ4n) is 5.84. The highest BCUT2D eigenvalue weighted by molar-refractivity contribution is 5.87. The number of methoxy groups -OCH3 is 1. The van der Waals surface area contributed by atoms with Gasteiger partial charge in [0.25, 0.3) is 5.92 Å². The maximum absolute atomic E-state index is 15.7. The van der Waals surface area contributed by atoms with Crippen molar-refractivity contribution in [2.24, 2.45) is 5.92 Å². The van der Waals surface area contributed by atoms with Crippen molar-refractivity contribution >= 4 is 22.8 Å². The number of aliphatic hydroxyl groups is 1. The lowest BCUT2D eigenvalue weighted by molar-refractivity contribution is -0.133. The number of hydrogen-bond donors (Lipinski definition) is 2. The highest BCUT2D eigenvalue weighted by atomic mass is 19.3. The molecule has 4 heterocycles. The molecule has 0 unspecified atom stereocenters. The smallest absolute Gasteiger partial charge is 0.281 e. The Morgan fingerprint density at radius 3 is 2.50 bits per heavy atom. The van der Waals surface area contributed by atoms with Crippen molar-refractivity contribution in [1.29, 1.82) is 0 Å². The SMILES string of the molecule is COc1nc2ncnc(N[C@H](C)c3cccc(C(F)(F)C4CN(C(C)C)C4)c3F)c2cc1C1(O)CCN(C(C)=O)CC1. The summed E-state index contributed by atoms with van der Waals surface area (Å²) < 4.78 is 52.0. The van der Waals surface area contributed by atoms with Gasteiger partial charge in [0.05, 0.1) is 35.6 Å². The topological polar surface area (TPSA) is 104 Å². The number of fused-ring (bicyclic) bond motifs is 1. The average molecular weight is 587 g/mol. The van der Waals surface area contributed by atoms with E-state index in [0.29, 0.717) is 29.9 Å². The van der Waals surface area contributed by atoms with Gasteiger partial charge in [-0.05, 0) is 39.7 Å². The summed E-state index contributed by atoms with van der Waals surface area (Å²) in [4.78, 5) is 28.5. The molecule has 3 aromatic rings. The molecule has 12 heteroatoms. The molecule has 5 rings (SSSR count). The number of hydrogen-bond acceptors (Lipinski definition) is 8. The molecule has 0 radical (unpaired) electrons. The van der Waals surface area contributed by atoms with Crippen LogP contribution in [0.15, 0.2) is 30.6 Å². The second kappa shape index (κ2) is 11.3. The predicted molar refractivity (Wildman–Crippen MR) is 152 cm³/mol. The van der Waals surface area contributed by atoms with E-state index in [1.807, 2.05) is 18.7 Å². The van der Waals surface area contributed by atoms with Gasteiger partial charge < -0.3 is 20.1 Å². The molecule has 1 atom stereocenters. The first kappa shape index (κ1) is 30.0. The van der Waals surface area contributed by atoms with E-state index in [4.69, 9.17) is 4.74 Å². The van der Waals surface area contributed by atoms with E-state index >= 15 is 13.2 Å². The van der Waals surface area contributed by atoms with Gasteiger partial charge in [0.1, 0.15) is 18.0 Å². The number of aromatic nitrogens is 3. The van der Waals surface area contributed by atoms with E-state index in [1.165, 1.54) is 32.5 Å². The minimum Gasteiger partial charge on any atom is -0.481 e. The van der Waals surface area contributed by atoms with Gasteiger partial charge in [-0.2, -0.15) is 4.98 Å². The Hall–Kier alpha value is -3.51. The normalized spacial score (nSPS) is 18.7. The molecule has 0 bridgehead atoms. The fourth-order valence-corrected chi connectivity index (χ4v) is 5.84. The number of nitrogens with one attached hydrogen (secondary N) is 1. The number of anilines is 1. The molecular weight excluding hydrogens is 549 g/mol. The highest BCUT2D eigenvalue weighted by Crippen LogP contribution is 2.44. The largest absolute Gasteiger partial charge is 0.481 e. The number of ether oxygens (including phenoxy) is 1. The Labute approximate surface area is 243 Å². The first-order chi connectivity index (χ1) is 19.9. The Bertz CT molecular complexity index is 1470. The number of benzene rings is 1. The molecule has 2 fully saturated rings. The van der Waals surface area contributed by atoms with Crippen LogP contribution in [0, 0.1) is 11.7 Å². The fraction of sp³-hybridized carbons (Fsp3) is 0.533. The number of likely N-dealkylation sites (tertiary alicyclic amines) is 2. The van der Waals surface area contributed by atoms with Crippen LogP contribution in [0.5, 0.6) is 5.88 Å². The lowest BCUT2D eigenvalue weighted by Crippen LogP contribution is -2.56. The summed E-state index contributed by atoms with van der Waals surface area (Å²) in [6, 6.07) is 5.20. The molecule has 2 aliphatic heterocycles. The molecular formula is C30H37F3N6O3. The first-order valence-corrected chi connectivity index (χ1v) is 14.2. The Morgan fingerprint density at radius 1 is 1.19 bits per heavy atom. The quantitative estimate of drug-likeness (QED) is 0.395. The van der Waals surface area contributed by atoms with Crippen molar-refractivity contribution < 1.29 is 27.8 Å². The minimum absolute atomic E-state index is 0.0613. The van der Waals surface area contributed by atoms with E-state index in [9.17, 15) is 9.90 Å². The maximum atomic E-state index is 15.7. The number of nitrogens with zero attached hydrogens (tertiary/aromatic N) is 5. The lowest BCUT2D eigenvalue weighted by Gasteiger charge is -2.45. The molecule has 2 N–H and O–H groups in total. The van der Waals surface area contributed by atoms with E-state index in [1.54, 1.807) is 17.9 Å². The van der Waals surface area contributed by atoms with Crippen molar-refractivity contribution in [3.05, 3.63) is 53.1 Å². The summed E-state index contributed by atoms with van der Waals surface area (Å²) in [5, 5.41) is 15.2. The summed E-state index contributed by atoms with van der Waals surface area (Å²) in [7, 11) is 1.45. The summed E-state index contributed by atoms with van der Waals surface area (Å²) in [6.07, 6.45) is 1.86. The standard InChI is InChI=1S/C30H37F3N6O3/c1-17(2)39-14-20(15-39)30(32,33)23-8-6-7-21(25(23)31)18(3)36-26-22-13-24(28(42-5)37-27(22)35-16-34-26)29(41)9-11-38(12-10-29)19(4)40/h6-8,13,16-18,20,41H,9-12,14-15H2,1-5H3,(H,34,35,36,37)/t18-/m1/s1. The third kappa shape index (κ3) is 5.37. The van der Waals surface area contributed by atoms with Crippen LogP contribution in [0.2, 0.25) is 0 Å². The number of carbonyl (C=O) groups excluding carboxylic acids is 1. The van der Waals surface area contributed by atoms with Crippen molar-refractivity contribution in [1.82, 2.24) is 24.8 Å². The molecule has 0 spiro atoms. The predicted octanol–water partition coefficient (Wildman–Crippen LogP) is 4.61. The molecule has 1 amide bonds. The minimum atomic E-state index is -3.31. The molecule has 2 saturated heterocycles. The molecule has 1 aromatic carbocycles. The van der Waals surface area contributed by atoms with Gasteiger partial charge in [-0.1, -0.05) is 18.2 Å². The van der Waals surface area contributed by atoms with Crippen molar-refractivity contribution in [3.8, 4) is 5.88 Å². The lowest BCUT2D eigenvalue weighted by atomic mass is 9.84. The van der Waals surface area contributed by atoms with E-state index in [-0.39, 0.29) is 55.0 Å². The zero-order valence-electron chi connectivity index (χ0n) is 24.5. The number of carbonyl (C=O) groups is 1. The highest BCUT2D eigenvalue weighted by Gasteiger charge is 2.50. The van der Waals surface area contributed by atoms with Gasteiger partial charge in [-0.25, -0.2) is 23.1 Å². The Morgan fingerprint density at radius 2 is 1.88 bits per heavy atom. The first-order valence-electron chi connectivity index (χ1n) is 14.2. The molecule has 9 nitrogen and oxygen atoms in total. The van der Waals surface area contributed by atoms with Crippen molar-refractivity contribution in [2.75, 3.05) is 38.6 Å². The van der Waals surface area contributed by atoms with Gasteiger partial charge in [0, 0.05) is 50.3 Å². The van der Waals surface area contributed by atoms with E-state index in [0.717, 1.165) is 6.07 Å². The third-order valence-corrected chi connectivity index (χ3v) is 8.68. The second-order valence-electron chi connectivity index (χ2n) is 11.6. The number of rotatable bonds is 8. The molecule has 0 saturated carbocycles. The van der Waals surface area contributed by atoms with Gasteiger partial charge in [0.2, 0.25) is 11.8 Å². The second-order valence-corrected chi connectivity index (χ2v) is 11.6. The van der Waals surface area contributed by atoms with Gasteiger partial charge >= 0.3 is 0 Å². The van der Waals surface area contributed by atoms with Crippen molar-refractivity contribution in [3.63, 3.8) is 0 Å². The Balaban J connectivity index is 1.44. The molecule has 226 valence electrons. The van der Waals surface area contributed by atoms with Gasteiger partial charge in [0.15, 0.2) is 5.65 Å². The monoisotopic (exact) mass is 586 g/mol. The number of piperidine rings is 1. The summed E-state index contributed by atoms with van der Waals surface area (Å²) in [5.74, 6) is -4.77. The van der Waals surface area contributed by atoms with Crippen LogP contribution in [0.1, 0.15) is 63.3 Å². The van der Waals surface area contributed by atoms with Gasteiger partial charge in [-0.15, -0.1) is 0 Å². The number of alkyl halides is 2. The molecule has 2 aliphatic rings. The van der Waals surface area contributed by atoms with Crippen LogP contribution in [0.25, 0.3) is 11.0 Å². The Kier molecular flexibility index (Phi) is 8.06. The van der Waals surface area contributed by atoms with Crippen LogP contribution in [-0.2, 0) is 16.3 Å². The number of halogens is 3. The number of pyridine rings is 1. The zero-order chi connectivity index (χ0) is 30.4. The summed E-state index contributed by atoms with van der Waals surface area (Å²) >= 11 is 0. The molecule has 42 heavy (non-hydrogen) atoms. The third-order valence-electron chi connectivity index (χ3n) is 8.68. The van der Waals surface area contributed by atoms with Crippen LogP contribution >= 0.6 is 0 Å².